The van der Waals surface area contributed by atoms with E-state index >= 15 is 0 Å². The number of guanidine groups is 1. The molecular formula is C17H24FIN4O. The molecule has 0 bridgehead atoms. The standard InChI is InChI=1S/C17H23FN4O.HI/c1-4-19-16(20-11-15-8-9-23-22-15)21-12-17(2,3)13-6-5-7-14(18)10-13;/h5-10H,4,11-12H2,1-3H3,(H2,19,20,21);1H. The first-order valence-electron chi connectivity index (χ1n) is 7.69. The lowest BCUT2D eigenvalue weighted by atomic mass is 9.84. The van der Waals surface area contributed by atoms with Gasteiger partial charge in [-0.3, -0.25) is 0 Å². The van der Waals surface area contributed by atoms with Gasteiger partial charge in [-0.25, -0.2) is 9.38 Å². The Morgan fingerprint density at radius 2 is 2.08 bits per heavy atom. The van der Waals surface area contributed by atoms with Crippen molar-refractivity contribution < 1.29 is 8.91 Å². The number of aromatic nitrogens is 1. The van der Waals surface area contributed by atoms with Crippen molar-refractivity contribution in [2.45, 2.75) is 32.7 Å². The van der Waals surface area contributed by atoms with Crippen LogP contribution in [0.25, 0.3) is 0 Å². The number of nitrogens with zero attached hydrogens (tertiary/aromatic N) is 2. The van der Waals surface area contributed by atoms with E-state index in [0.29, 0.717) is 19.0 Å². The first-order chi connectivity index (χ1) is 11.0. The normalized spacial score (nSPS) is 11.8. The summed E-state index contributed by atoms with van der Waals surface area (Å²) >= 11 is 0. The van der Waals surface area contributed by atoms with Crippen molar-refractivity contribution in [2.75, 3.05) is 13.1 Å². The number of hydrogen-bond donors (Lipinski definition) is 2. The summed E-state index contributed by atoms with van der Waals surface area (Å²) in [5, 5.41) is 10.3. The number of nitrogens with one attached hydrogen (secondary N) is 2. The molecule has 0 saturated carbocycles. The second-order valence-corrected chi connectivity index (χ2v) is 5.93. The van der Waals surface area contributed by atoms with Crippen molar-refractivity contribution in [3.8, 4) is 0 Å². The van der Waals surface area contributed by atoms with E-state index in [1.165, 1.54) is 12.3 Å². The maximum Gasteiger partial charge on any atom is 0.191 e. The summed E-state index contributed by atoms with van der Waals surface area (Å²) in [5.74, 6) is 0.474. The Morgan fingerprint density at radius 1 is 1.29 bits per heavy atom. The van der Waals surface area contributed by atoms with Gasteiger partial charge in [-0.2, -0.15) is 0 Å². The van der Waals surface area contributed by atoms with E-state index in [1.54, 1.807) is 18.2 Å². The SMILES string of the molecule is CCNC(=NCc1ccon1)NCC(C)(C)c1cccc(F)c1.I. The smallest absolute Gasteiger partial charge is 0.191 e. The maximum absolute atomic E-state index is 13.4. The summed E-state index contributed by atoms with van der Waals surface area (Å²) in [5.41, 5.74) is 1.48. The molecule has 24 heavy (non-hydrogen) atoms. The third-order valence-electron chi connectivity index (χ3n) is 3.54. The monoisotopic (exact) mass is 446 g/mol. The minimum Gasteiger partial charge on any atom is -0.364 e. The van der Waals surface area contributed by atoms with Crippen LogP contribution in [0.15, 0.2) is 46.1 Å². The quantitative estimate of drug-likeness (QED) is 0.406. The van der Waals surface area contributed by atoms with Gasteiger partial charge in [0.1, 0.15) is 17.8 Å². The summed E-state index contributed by atoms with van der Waals surface area (Å²) in [7, 11) is 0. The molecule has 2 N–H and O–H groups in total. The molecule has 132 valence electrons. The van der Waals surface area contributed by atoms with Gasteiger partial charge in [0.2, 0.25) is 0 Å². The molecule has 1 aromatic carbocycles. The Morgan fingerprint density at radius 3 is 2.71 bits per heavy atom. The van der Waals surface area contributed by atoms with Gasteiger partial charge in [-0.1, -0.05) is 31.1 Å². The molecule has 0 spiro atoms. The van der Waals surface area contributed by atoms with Gasteiger partial charge in [0.05, 0.1) is 6.54 Å². The lowest BCUT2D eigenvalue weighted by Crippen LogP contribution is -2.43. The van der Waals surface area contributed by atoms with Crippen LogP contribution in [-0.4, -0.2) is 24.2 Å². The molecule has 2 aromatic rings. The van der Waals surface area contributed by atoms with Crippen LogP contribution >= 0.6 is 24.0 Å². The predicted molar refractivity (Wildman–Crippen MR) is 104 cm³/mol. The highest BCUT2D eigenvalue weighted by atomic mass is 127. The van der Waals surface area contributed by atoms with Gasteiger partial charge in [0.15, 0.2) is 5.96 Å². The second kappa shape index (κ2) is 9.61. The highest BCUT2D eigenvalue weighted by Crippen LogP contribution is 2.22. The van der Waals surface area contributed by atoms with E-state index in [4.69, 9.17) is 4.52 Å². The van der Waals surface area contributed by atoms with E-state index in [2.05, 4.69) is 34.6 Å². The summed E-state index contributed by atoms with van der Waals surface area (Å²) in [6, 6.07) is 8.47. The molecule has 0 atom stereocenters. The third kappa shape index (κ3) is 6.10. The van der Waals surface area contributed by atoms with Crippen molar-refractivity contribution in [3.63, 3.8) is 0 Å². The fourth-order valence-corrected chi connectivity index (χ4v) is 2.14. The van der Waals surface area contributed by atoms with E-state index in [1.807, 2.05) is 13.0 Å². The minimum atomic E-state index is -0.230. The van der Waals surface area contributed by atoms with Crippen molar-refractivity contribution in [1.29, 1.82) is 0 Å². The first kappa shape index (κ1) is 20.4. The number of aliphatic imine (C=N–C) groups is 1. The van der Waals surface area contributed by atoms with Crippen molar-refractivity contribution in [2.24, 2.45) is 4.99 Å². The third-order valence-corrected chi connectivity index (χ3v) is 3.54. The summed E-state index contributed by atoms with van der Waals surface area (Å²) < 4.78 is 18.2. The van der Waals surface area contributed by atoms with Crippen LogP contribution in [0.3, 0.4) is 0 Å². The predicted octanol–water partition coefficient (Wildman–Crippen LogP) is 3.46. The van der Waals surface area contributed by atoms with E-state index < -0.39 is 0 Å². The van der Waals surface area contributed by atoms with Gasteiger partial charge in [-0.05, 0) is 24.6 Å². The zero-order valence-corrected chi connectivity index (χ0v) is 16.5. The Hall–Kier alpha value is -1.64. The summed E-state index contributed by atoms with van der Waals surface area (Å²) in [4.78, 5) is 4.47. The highest BCUT2D eigenvalue weighted by molar-refractivity contribution is 14.0. The topological polar surface area (TPSA) is 62.5 Å². The molecule has 7 heteroatoms. The zero-order valence-electron chi connectivity index (χ0n) is 14.2. The average molecular weight is 446 g/mol. The van der Waals surface area contributed by atoms with Crippen LogP contribution in [0.4, 0.5) is 4.39 Å². The molecule has 0 fully saturated rings. The Labute approximate surface area is 159 Å². The molecule has 0 unspecified atom stereocenters. The zero-order chi connectivity index (χ0) is 16.7. The van der Waals surface area contributed by atoms with Gasteiger partial charge in [0, 0.05) is 24.6 Å². The number of hydrogen-bond acceptors (Lipinski definition) is 3. The molecule has 0 aliphatic heterocycles. The second-order valence-electron chi connectivity index (χ2n) is 5.93. The highest BCUT2D eigenvalue weighted by Gasteiger charge is 2.21. The van der Waals surface area contributed by atoms with Crippen LogP contribution in [0, 0.1) is 5.82 Å². The Balaban J connectivity index is 0.00000288. The summed E-state index contributed by atoms with van der Waals surface area (Å²) in [6.07, 6.45) is 1.53. The first-order valence-corrected chi connectivity index (χ1v) is 7.69. The molecule has 0 aliphatic carbocycles. The van der Waals surface area contributed by atoms with Crippen LogP contribution in [0.2, 0.25) is 0 Å². The molecule has 0 amide bonds. The largest absolute Gasteiger partial charge is 0.364 e. The van der Waals surface area contributed by atoms with Gasteiger partial charge >= 0.3 is 0 Å². The molecule has 0 radical (unpaired) electrons. The molecule has 2 rings (SSSR count). The molecule has 5 nitrogen and oxygen atoms in total. The fourth-order valence-electron chi connectivity index (χ4n) is 2.14. The van der Waals surface area contributed by atoms with Crippen LogP contribution in [0.5, 0.6) is 0 Å². The van der Waals surface area contributed by atoms with E-state index in [0.717, 1.165) is 17.8 Å². The van der Waals surface area contributed by atoms with Crippen LogP contribution < -0.4 is 10.6 Å². The lowest BCUT2D eigenvalue weighted by molar-refractivity contribution is 0.412. The van der Waals surface area contributed by atoms with Crippen molar-refractivity contribution in [1.82, 2.24) is 15.8 Å². The molecule has 0 saturated heterocycles. The number of halogens is 2. The van der Waals surface area contributed by atoms with E-state index in [-0.39, 0.29) is 35.2 Å². The number of benzene rings is 1. The Kier molecular flexibility index (Phi) is 8.17. The van der Waals surface area contributed by atoms with Gasteiger partial charge in [-0.15, -0.1) is 24.0 Å². The van der Waals surface area contributed by atoms with E-state index in [9.17, 15) is 4.39 Å². The van der Waals surface area contributed by atoms with Crippen LogP contribution in [-0.2, 0) is 12.0 Å². The fraction of sp³-hybridized carbons (Fsp3) is 0.412. The van der Waals surface area contributed by atoms with Gasteiger partial charge < -0.3 is 15.2 Å². The Bertz CT molecular complexity index is 644. The average Bonchev–Trinajstić information content (AvgIpc) is 3.03. The molecule has 1 heterocycles. The number of rotatable bonds is 6. The van der Waals surface area contributed by atoms with Crippen molar-refractivity contribution in [3.05, 3.63) is 53.7 Å². The van der Waals surface area contributed by atoms with Crippen molar-refractivity contribution >= 4 is 29.9 Å². The summed E-state index contributed by atoms with van der Waals surface area (Å²) in [6.45, 7) is 7.95. The van der Waals surface area contributed by atoms with Gasteiger partial charge in [0.25, 0.3) is 0 Å². The van der Waals surface area contributed by atoms with Crippen LogP contribution in [0.1, 0.15) is 32.0 Å². The maximum atomic E-state index is 13.4. The molecule has 1 aromatic heterocycles. The lowest BCUT2D eigenvalue weighted by Gasteiger charge is -2.26. The minimum absolute atomic E-state index is 0. The molecule has 0 aliphatic rings. The molecular weight excluding hydrogens is 422 g/mol.